The van der Waals surface area contributed by atoms with Gasteiger partial charge >= 0.3 is 12.0 Å². The van der Waals surface area contributed by atoms with Gasteiger partial charge in [-0.2, -0.15) is 0 Å². The van der Waals surface area contributed by atoms with Crippen LogP contribution in [-0.2, 0) is 6.54 Å². The molecule has 4 rings (SSSR count). The van der Waals surface area contributed by atoms with E-state index in [4.69, 9.17) is 14.2 Å². The second kappa shape index (κ2) is 7.92. The first-order valence-corrected chi connectivity index (χ1v) is 9.47. The Kier molecular flexibility index (Phi) is 5.18. The Morgan fingerprint density at radius 2 is 2.00 bits per heavy atom. The van der Waals surface area contributed by atoms with Crippen LogP contribution in [0.4, 0.5) is 4.79 Å². The van der Waals surface area contributed by atoms with E-state index in [1.165, 1.54) is 0 Å². The fraction of sp³-hybridized carbons (Fsp3) is 0.450. The van der Waals surface area contributed by atoms with Crippen LogP contribution in [0.5, 0.6) is 17.5 Å². The largest absolute Gasteiger partial charge is 0.458 e. The number of nitrogens with one attached hydrogen (secondary N) is 1. The lowest BCUT2D eigenvalue weighted by atomic mass is 10.1. The number of fused-ring (bicyclic) bond motifs is 1. The van der Waals surface area contributed by atoms with Crippen LogP contribution >= 0.6 is 0 Å². The van der Waals surface area contributed by atoms with E-state index in [0.717, 1.165) is 35.5 Å². The quantitative estimate of drug-likeness (QED) is 0.872. The molecule has 0 bridgehead atoms. The van der Waals surface area contributed by atoms with Gasteiger partial charge < -0.3 is 24.4 Å². The topological polar surface area (TPSA) is 85.8 Å². The first kappa shape index (κ1) is 18.3. The molecule has 2 aromatic rings. The number of hydrogen-bond acceptors (Lipinski definition) is 6. The highest BCUT2D eigenvalue weighted by Crippen LogP contribution is 2.32. The number of urea groups is 1. The Bertz CT molecular complexity index is 853. The Morgan fingerprint density at radius 1 is 1.21 bits per heavy atom. The van der Waals surface area contributed by atoms with Crippen LogP contribution in [-0.4, -0.2) is 46.9 Å². The molecule has 3 heterocycles. The number of rotatable bonds is 4. The summed E-state index contributed by atoms with van der Waals surface area (Å²) in [4.78, 5) is 23.0. The number of piperidine rings is 1. The minimum atomic E-state index is -0.105. The molecule has 1 atom stereocenters. The normalized spacial score (nSPS) is 18.1. The zero-order valence-corrected chi connectivity index (χ0v) is 16.1. The number of likely N-dealkylation sites (tertiary alicyclic amines) is 1. The zero-order valence-electron chi connectivity index (χ0n) is 16.1. The number of hydrogen-bond donors (Lipinski definition) is 1. The van der Waals surface area contributed by atoms with E-state index >= 15 is 0 Å². The molecule has 1 saturated heterocycles. The van der Waals surface area contributed by atoms with Crippen LogP contribution in [0.15, 0.2) is 24.3 Å². The summed E-state index contributed by atoms with van der Waals surface area (Å²) in [5, 5.41) is 2.97. The summed E-state index contributed by atoms with van der Waals surface area (Å²) in [7, 11) is 0. The molecular formula is C20H24N4O4. The fourth-order valence-corrected chi connectivity index (χ4v) is 3.45. The van der Waals surface area contributed by atoms with Crippen LogP contribution in [0.25, 0.3) is 0 Å². The molecule has 1 unspecified atom stereocenters. The standard InChI is InChI=1S/C20H24N4O4/c1-13-8-14(2)23-19(22-13)28-16-4-3-7-24(11-16)20(25)21-10-15-5-6-17-18(9-15)27-12-26-17/h5-6,8-9,16H,3-4,7,10-12H2,1-2H3,(H,21,25). The van der Waals surface area contributed by atoms with Crippen molar-refractivity contribution >= 4 is 6.03 Å². The number of ether oxygens (including phenoxy) is 3. The number of aryl methyl sites for hydroxylation is 2. The van der Waals surface area contributed by atoms with Gasteiger partial charge in [0, 0.05) is 24.5 Å². The fourth-order valence-electron chi connectivity index (χ4n) is 3.45. The molecule has 2 aliphatic heterocycles. The van der Waals surface area contributed by atoms with Gasteiger partial charge in [-0.15, -0.1) is 0 Å². The predicted molar refractivity (Wildman–Crippen MR) is 102 cm³/mol. The van der Waals surface area contributed by atoms with E-state index in [1.54, 1.807) is 4.90 Å². The number of aromatic nitrogens is 2. The van der Waals surface area contributed by atoms with E-state index in [0.29, 0.717) is 31.4 Å². The summed E-state index contributed by atoms with van der Waals surface area (Å²) in [5.74, 6) is 1.45. The molecule has 8 nitrogen and oxygen atoms in total. The maximum atomic E-state index is 12.6. The second-order valence-corrected chi connectivity index (χ2v) is 7.11. The Labute approximate surface area is 163 Å². The van der Waals surface area contributed by atoms with Crippen LogP contribution < -0.4 is 19.5 Å². The lowest BCUT2D eigenvalue weighted by Gasteiger charge is -2.32. The number of nitrogens with zero attached hydrogens (tertiary/aromatic N) is 3. The predicted octanol–water partition coefficient (Wildman–Crippen LogP) is 2.58. The summed E-state index contributed by atoms with van der Waals surface area (Å²) in [6.07, 6.45) is 1.65. The van der Waals surface area contributed by atoms with Crippen LogP contribution in [0.3, 0.4) is 0 Å². The molecule has 2 amide bonds. The molecule has 0 spiro atoms. The third-order valence-corrected chi connectivity index (χ3v) is 4.78. The van der Waals surface area contributed by atoms with Crippen molar-refractivity contribution in [1.29, 1.82) is 0 Å². The average Bonchev–Trinajstić information content (AvgIpc) is 3.13. The third-order valence-electron chi connectivity index (χ3n) is 4.78. The van der Waals surface area contributed by atoms with Crippen molar-refractivity contribution in [2.75, 3.05) is 19.9 Å². The molecule has 1 fully saturated rings. The van der Waals surface area contributed by atoms with Crippen molar-refractivity contribution in [2.45, 2.75) is 39.3 Å². The van der Waals surface area contributed by atoms with E-state index < -0.39 is 0 Å². The summed E-state index contributed by atoms with van der Waals surface area (Å²) in [6.45, 7) is 5.72. The van der Waals surface area contributed by atoms with Gasteiger partial charge in [-0.25, -0.2) is 14.8 Å². The molecule has 1 N–H and O–H groups in total. The minimum absolute atomic E-state index is 0.104. The van der Waals surface area contributed by atoms with Crippen molar-refractivity contribution in [3.8, 4) is 17.5 Å². The third kappa shape index (κ3) is 4.27. The molecule has 0 radical (unpaired) electrons. The monoisotopic (exact) mass is 384 g/mol. The second-order valence-electron chi connectivity index (χ2n) is 7.11. The van der Waals surface area contributed by atoms with Gasteiger partial charge in [-0.3, -0.25) is 0 Å². The molecule has 1 aromatic carbocycles. The van der Waals surface area contributed by atoms with E-state index in [1.807, 2.05) is 38.1 Å². The summed E-state index contributed by atoms with van der Waals surface area (Å²) in [6, 6.07) is 7.86. The molecule has 0 saturated carbocycles. The highest BCUT2D eigenvalue weighted by molar-refractivity contribution is 5.74. The van der Waals surface area contributed by atoms with Gasteiger partial charge in [-0.1, -0.05) is 6.07 Å². The Balaban J connectivity index is 1.31. The highest BCUT2D eigenvalue weighted by atomic mass is 16.7. The Morgan fingerprint density at radius 3 is 2.82 bits per heavy atom. The van der Waals surface area contributed by atoms with Gasteiger partial charge in [0.1, 0.15) is 6.10 Å². The smallest absolute Gasteiger partial charge is 0.317 e. The van der Waals surface area contributed by atoms with Gasteiger partial charge in [-0.05, 0) is 50.5 Å². The van der Waals surface area contributed by atoms with Crippen molar-refractivity contribution in [2.24, 2.45) is 0 Å². The van der Waals surface area contributed by atoms with Crippen molar-refractivity contribution in [3.63, 3.8) is 0 Å². The summed E-state index contributed by atoms with van der Waals surface area (Å²) >= 11 is 0. The molecule has 2 aliphatic rings. The number of benzene rings is 1. The number of carbonyl (C=O) groups excluding carboxylic acids is 1. The maximum absolute atomic E-state index is 12.6. The average molecular weight is 384 g/mol. The van der Waals surface area contributed by atoms with Crippen LogP contribution in [0.2, 0.25) is 0 Å². The molecule has 0 aliphatic carbocycles. The number of amides is 2. The van der Waals surface area contributed by atoms with Crippen molar-refractivity contribution in [3.05, 3.63) is 41.2 Å². The van der Waals surface area contributed by atoms with E-state index in [-0.39, 0.29) is 18.9 Å². The van der Waals surface area contributed by atoms with Crippen molar-refractivity contribution < 1.29 is 19.0 Å². The van der Waals surface area contributed by atoms with Gasteiger partial charge in [0.05, 0.1) is 6.54 Å². The summed E-state index contributed by atoms with van der Waals surface area (Å²) < 4.78 is 16.6. The van der Waals surface area contributed by atoms with E-state index in [2.05, 4.69) is 15.3 Å². The zero-order chi connectivity index (χ0) is 19.5. The molecule has 1 aromatic heterocycles. The Hall–Kier alpha value is -3.03. The van der Waals surface area contributed by atoms with Crippen molar-refractivity contribution in [1.82, 2.24) is 20.2 Å². The molecule has 28 heavy (non-hydrogen) atoms. The first-order chi connectivity index (χ1) is 13.6. The van der Waals surface area contributed by atoms with Gasteiger partial charge in [0.25, 0.3) is 0 Å². The molecule has 148 valence electrons. The lowest BCUT2D eigenvalue weighted by Crippen LogP contribution is -2.48. The highest BCUT2D eigenvalue weighted by Gasteiger charge is 2.25. The maximum Gasteiger partial charge on any atom is 0.317 e. The first-order valence-electron chi connectivity index (χ1n) is 9.47. The van der Waals surface area contributed by atoms with Crippen LogP contribution in [0, 0.1) is 13.8 Å². The summed E-state index contributed by atoms with van der Waals surface area (Å²) in [5.41, 5.74) is 2.71. The number of carbonyl (C=O) groups is 1. The lowest BCUT2D eigenvalue weighted by molar-refractivity contribution is 0.0935. The van der Waals surface area contributed by atoms with Gasteiger partial charge in [0.2, 0.25) is 6.79 Å². The van der Waals surface area contributed by atoms with Crippen LogP contribution in [0.1, 0.15) is 29.8 Å². The SMILES string of the molecule is Cc1cc(C)nc(OC2CCCN(C(=O)NCc3ccc4c(c3)OCO4)C2)n1. The van der Waals surface area contributed by atoms with E-state index in [9.17, 15) is 4.79 Å². The molecular weight excluding hydrogens is 360 g/mol. The van der Waals surface area contributed by atoms with Gasteiger partial charge in [0.15, 0.2) is 11.5 Å². The molecule has 8 heteroatoms. The minimum Gasteiger partial charge on any atom is -0.458 e.